The maximum absolute atomic E-state index is 12.7. The van der Waals surface area contributed by atoms with E-state index in [4.69, 9.17) is 0 Å². The molecule has 1 fully saturated rings. The average molecular weight is 320 g/mol. The normalized spacial score (nSPS) is 15.5. The molecule has 2 heterocycles. The molecule has 3 aromatic rings. The van der Waals surface area contributed by atoms with Crippen molar-refractivity contribution in [3.8, 4) is 11.4 Å². The Bertz CT molecular complexity index is 850. The summed E-state index contributed by atoms with van der Waals surface area (Å²) in [5.74, 6) is 0.727. The van der Waals surface area contributed by atoms with Gasteiger partial charge in [-0.15, -0.1) is 0 Å². The number of aromatic amines is 1. The average Bonchev–Trinajstić information content (AvgIpc) is 3.07. The summed E-state index contributed by atoms with van der Waals surface area (Å²) in [6.45, 7) is 0. The molecule has 4 rings (SSSR count). The number of nitrogens with zero attached hydrogens (tertiary/aromatic N) is 2. The highest BCUT2D eigenvalue weighted by Gasteiger charge is 2.19. The topological polar surface area (TPSA) is 70.7 Å². The van der Waals surface area contributed by atoms with Crippen LogP contribution in [0.4, 0.5) is 0 Å². The Balaban J connectivity index is 1.65. The summed E-state index contributed by atoms with van der Waals surface area (Å²) >= 11 is 0. The van der Waals surface area contributed by atoms with Gasteiger partial charge in [0.25, 0.3) is 5.91 Å². The number of para-hydroxylation sites is 1. The third-order valence-corrected chi connectivity index (χ3v) is 4.65. The van der Waals surface area contributed by atoms with Crippen LogP contribution < -0.4 is 5.32 Å². The van der Waals surface area contributed by atoms with E-state index in [0.717, 1.165) is 35.3 Å². The van der Waals surface area contributed by atoms with Gasteiger partial charge in [0.1, 0.15) is 11.3 Å². The molecule has 0 atom stereocenters. The zero-order chi connectivity index (χ0) is 16.4. The lowest BCUT2D eigenvalue weighted by molar-refractivity contribution is 0.0929. The molecule has 0 bridgehead atoms. The van der Waals surface area contributed by atoms with Crippen LogP contribution in [0.1, 0.15) is 42.5 Å². The van der Waals surface area contributed by atoms with E-state index in [-0.39, 0.29) is 5.91 Å². The van der Waals surface area contributed by atoms with Crippen LogP contribution in [0.25, 0.3) is 22.4 Å². The fourth-order valence-corrected chi connectivity index (χ4v) is 3.37. The predicted molar refractivity (Wildman–Crippen MR) is 93.7 cm³/mol. The van der Waals surface area contributed by atoms with E-state index in [2.05, 4.69) is 20.3 Å². The fourth-order valence-electron chi connectivity index (χ4n) is 3.37. The summed E-state index contributed by atoms with van der Waals surface area (Å²) in [5.41, 5.74) is 3.19. The monoisotopic (exact) mass is 320 g/mol. The molecular weight excluding hydrogens is 300 g/mol. The lowest BCUT2D eigenvalue weighted by Gasteiger charge is -2.22. The second-order valence-corrected chi connectivity index (χ2v) is 6.33. The molecule has 2 N–H and O–H groups in total. The number of hydrogen-bond donors (Lipinski definition) is 2. The maximum atomic E-state index is 12.7. The van der Waals surface area contributed by atoms with Crippen molar-refractivity contribution in [2.75, 3.05) is 0 Å². The largest absolute Gasteiger partial charge is 0.349 e. The van der Waals surface area contributed by atoms with Gasteiger partial charge in [-0.05, 0) is 37.1 Å². The Labute approximate surface area is 140 Å². The Kier molecular flexibility index (Phi) is 3.99. The van der Waals surface area contributed by atoms with Gasteiger partial charge in [-0.25, -0.2) is 4.98 Å². The number of nitrogens with one attached hydrogen (secondary N) is 2. The Morgan fingerprint density at radius 1 is 1.08 bits per heavy atom. The van der Waals surface area contributed by atoms with E-state index in [0.29, 0.717) is 11.6 Å². The molecule has 0 aliphatic heterocycles. The minimum atomic E-state index is -0.0275. The van der Waals surface area contributed by atoms with Gasteiger partial charge in [0, 0.05) is 24.0 Å². The minimum absolute atomic E-state index is 0.0275. The first-order chi connectivity index (χ1) is 11.8. The lowest BCUT2D eigenvalue weighted by atomic mass is 9.95. The van der Waals surface area contributed by atoms with Crippen molar-refractivity contribution in [1.29, 1.82) is 0 Å². The Morgan fingerprint density at radius 3 is 2.67 bits per heavy atom. The summed E-state index contributed by atoms with van der Waals surface area (Å²) in [6.07, 6.45) is 9.29. The predicted octanol–water partition coefficient (Wildman–Crippen LogP) is 3.69. The molecule has 1 saturated carbocycles. The van der Waals surface area contributed by atoms with Gasteiger partial charge in [-0.2, -0.15) is 0 Å². The summed E-state index contributed by atoms with van der Waals surface area (Å²) in [7, 11) is 0. The van der Waals surface area contributed by atoms with Gasteiger partial charge in [0.15, 0.2) is 0 Å². The van der Waals surface area contributed by atoms with Crippen molar-refractivity contribution in [2.45, 2.75) is 38.1 Å². The number of pyridine rings is 1. The number of aromatic nitrogens is 3. The molecule has 1 aliphatic rings. The SMILES string of the molecule is O=C(NC1CCCCC1)c1cccc2[nH]c(-c3ccncc3)nc12. The van der Waals surface area contributed by atoms with E-state index in [1.807, 2.05) is 30.3 Å². The quantitative estimate of drug-likeness (QED) is 0.773. The second-order valence-electron chi connectivity index (χ2n) is 6.33. The number of carbonyl (C=O) groups is 1. The van der Waals surface area contributed by atoms with Gasteiger partial charge in [0.05, 0.1) is 11.1 Å². The van der Waals surface area contributed by atoms with Crippen molar-refractivity contribution < 1.29 is 4.79 Å². The molecule has 0 unspecified atom stereocenters. The number of H-pyrrole nitrogens is 1. The van der Waals surface area contributed by atoms with Crippen LogP contribution in [-0.2, 0) is 0 Å². The van der Waals surface area contributed by atoms with E-state index < -0.39 is 0 Å². The first kappa shape index (κ1) is 14.9. The van der Waals surface area contributed by atoms with E-state index in [9.17, 15) is 4.79 Å². The number of hydrogen-bond acceptors (Lipinski definition) is 3. The Hall–Kier alpha value is -2.69. The zero-order valence-corrected chi connectivity index (χ0v) is 13.5. The van der Waals surface area contributed by atoms with E-state index in [1.54, 1.807) is 12.4 Å². The van der Waals surface area contributed by atoms with Crippen LogP contribution in [-0.4, -0.2) is 26.9 Å². The third-order valence-electron chi connectivity index (χ3n) is 4.65. The van der Waals surface area contributed by atoms with Crippen LogP contribution in [0.2, 0.25) is 0 Å². The number of fused-ring (bicyclic) bond motifs is 1. The van der Waals surface area contributed by atoms with Crippen LogP contribution in [0.5, 0.6) is 0 Å². The smallest absolute Gasteiger partial charge is 0.253 e. The van der Waals surface area contributed by atoms with Gasteiger partial charge in [0.2, 0.25) is 0 Å². The molecule has 0 saturated heterocycles. The summed E-state index contributed by atoms with van der Waals surface area (Å²) in [6, 6.07) is 9.79. The lowest BCUT2D eigenvalue weighted by Crippen LogP contribution is -2.36. The molecule has 0 radical (unpaired) electrons. The first-order valence-electron chi connectivity index (χ1n) is 8.51. The van der Waals surface area contributed by atoms with Crippen molar-refractivity contribution in [1.82, 2.24) is 20.3 Å². The first-order valence-corrected chi connectivity index (χ1v) is 8.51. The Morgan fingerprint density at radius 2 is 1.88 bits per heavy atom. The molecule has 122 valence electrons. The number of benzene rings is 1. The van der Waals surface area contributed by atoms with Gasteiger partial charge >= 0.3 is 0 Å². The number of imidazole rings is 1. The standard InChI is InChI=1S/C19H20N4O/c24-19(21-14-5-2-1-3-6-14)15-7-4-8-16-17(15)23-18(22-16)13-9-11-20-12-10-13/h4,7-12,14H,1-3,5-6H2,(H,21,24)(H,22,23). The van der Waals surface area contributed by atoms with E-state index in [1.165, 1.54) is 19.3 Å². The van der Waals surface area contributed by atoms with Crippen molar-refractivity contribution >= 4 is 16.9 Å². The zero-order valence-electron chi connectivity index (χ0n) is 13.5. The number of rotatable bonds is 3. The maximum Gasteiger partial charge on any atom is 0.253 e. The van der Waals surface area contributed by atoms with Crippen LogP contribution in [0, 0.1) is 0 Å². The van der Waals surface area contributed by atoms with Gasteiger partial charge < -0.3 is 10.3 Å². The highest BCUT2D eigenvalue weighted by atomic mass is 16.1. The summed E-state index contributed by atoms with van der Waals surface area (Å²) < 4.78 is 0. The molecule has 0 spiro atoms. The fraction of sp³-hybridized carbons (Fsp3) is 0.316. The molecule has 2 aromatic heterocycles. The molecule has 1 aromatic carbocycles. The minimum Gasteiger partial charge on any atom is -0.349 e. The van der Waals surface area contributed by atoms with Gasteiger partial charge in [-0.3, -0.25) is 9.78 Å². The number of carbonyl (C=O) groups excluding carboxylic acids is 1. The third kappa shape index (κ3) is 2.89. The molecule has 5 heteroatoms. The van der Waals surface area contributed by atoms with Crippen molar-refractivity contribution in [3.05, 3.63) is 48.3 Å². The van der Waals surface area contributed by atoms with E-state index >= 15 is 0 Å². The number of amides is 1. The van der Waals surface area contributed by atoms with Crippen LogP contribution in [0.3, 0.4) is 0 Å². The second kappa shape index (κ2) is 6.43. The van der Waals surface area contributed by atoms with Crippen molar-refractivity contribution in [2.24, 2.45) is 0 Å². The highest BCUT2D eigenvalue weighted by molar-refractivity contribution is 6.05. The summed E-state index contributed by atoms with van der Waals surface area (Å²) in [4.78, 5) is 24.7. The molecule has 1 amide bonds. The molecule has 5 nitrogen and oxygen atoms in total. The van der Waals surface area contributed by atoms with Crippen LogP contribution >= 0.6 is 0 Å². The van der Waals surface area contributed by atoms with Crippen molar-refractivity contribution in [3.63, 3.8) is 0 Å². The van der Waals surface area contributed by atoms with Crippen LogP contribution in [0.15, 0.2) is 42.7 Å². The molecule has 24 heavy (non-hydrogen) atoms. The molecular formula is C19H20N4O. The highest BCUT2D eigenvalue weighted by Crippen LogP contribution is 2.23. The summed E-state index contributed by atoms with van der Waals surface area (Å²) in [5, 5.41) is 3.17. The molecule has 1 aliphatic carbocycles. The van der Waals surface area contributed by atoms with Gasteiger partial charge in [-0.1, -0.05) is 25.3 Å².